The number of aromatic nitrogens is 1. The van der Waals surface area contributed by atoms with Crippen molar-refractivity contribution >= 4 is 0 Å². The Labute approximate surface area is 79.0 Å². The highest BCUT2D eigenvalue weighted by molar-refractivity contribution is 5.05. The Hall–Kier alpha value is -0.920. The molecule has 1 nitrogen and oxygen atoms in total. The third-order valence-corrected chi connectivity index (χ3v) is 2.00. The average molecular weight is 181 g/mol. The summed E-state index contributed by atoms with van der Waals surface area (Å²) in [5, 5.41) is 0. The van der Waals surface area contributed by atoms with E-state index < -0.39 is 0 Å². The van der Waals surface area contributed by atoms with E-state index in [2.05, 4.69) is 18.8 Å². The van der Waals surface area contributed by atoms with Crippen LogP contribution in [-0.2, 0) is 6.42 Å². The normalized spacial score (nSPS) is 10.8. The predicted octanol–water partition coefficient (Wildman–Crippen LogP) is 3.20. The van der Waals surface area contributed by atoms with Gasteiger partial charge in [0.15, 0.2) is 0 Å². The van der Waals surface area contributed by atoms with Gasteiger partial charge < -0.3 is 0 Å². The molecular weight excluding hydrogens is 165 g/mol. The van der Waals surface area contributed by atoms with Crippen LogP contribution in [0.4, 0.5) is 4.39 Å². The lowest BCUT2D eigenvalue weighted by atomic mass is 10.1. The molecule has 0 atom stereocenters. The zero-order valence-corrected chi connectivity index (χ0v) is 8.26. The molecular formula is C11H16FN. The van der Waals surface area contributed by atoms with Crippen LogP contribution in [-0.4, -0.2) is 4.98 Å². The van der Waals surface area contributed by atoms with Crippen molar-refractivity contribution in [2.75, 3.05) is 0 Å². The summed E-state index contributed by atoms with van der Waals surface area (Å²) in [6.45, 7) is 4.41. The summed E-state index contributed by atoms with van der Waals surface area (Å²) in [5.74, 6) is 0.480. The lowest BCUT2D eigenvalue weighted by Crippen LogP contribution is -1.93. The number of pyridine rings is 1. The zero-order valence-electron chi connectivity index (χ0n) is 8.26. The second-order valence-electron chi connectivity index (χ2n) is 3.75. The molecule has 1 heterocycles. The van der Waals surface area contributed by atoms with Gasteiger partial charge in [0, 0.05) is 5.69 Å². The van der Waals surface area contributed by atoms with Gasteiger partial charge in [0.2, 0.25) is 0 Å². The molecule has 2 heteroatoms. The summed E-state index contributed by atoms with van der Waals surface area (Å²) in [6.07, 6.45) is 4.58. The quantitative estimate of drug-likeness (QED) is 0.695. The van der Waals surface area contributed by atoms with Crippen molar-refractivity contribution in [2.45, 2.75) is 33.1 Å². The van der Waals surface area contributed by atoms with E-state index in [1.165, 1.54) is 18.7 Å². The first-order valence-corrected chi connectivity index (χ1v) is 4.79. The standard InChI is InChI=1S/C11H16FN/c1-9(2)4-3-5-11-7-6-10(12)8-13-11/h6-9H,3-5H2,1-2H3. The summed E-state index contributed by atoms with van der Waals surface area (Å²) in [7, 11) is 0. The van der Waals surface area contributed by atoms with E-state index in [1.807, 2.05) is 0 Å². The van der Waals surface area contributed by atoms with Crippen LogP contribution in [0.25, 0.3) is 0 Å². The molecule has 13 heavy (non-hydrogen) atoms. The van der Waals surface area contributed by atoms with Gasteiger partial charge in [-0.1, -0.05) is 20.3 Å². The highest BCUT2D eigenvalue weighted by Crippen LogP contribution is 2.08. The summed E-state index contributed by atoms with van der Waals surface area (Å²) in [6, 6.07) is 3.23. The third-order valence-electron chi connectivity index (χ3n) is 2.00. The fourth-order valence-corrected chi connectivity index (χ4v) is 1.25. The summed E-state index contributed by atoms with van der Waals surface area (Å²) < 4.78 is 12.5. The summed E-state index contributed by atoms with van der Waals surface area (Å²) >= 11 is 0. The van der Waals surface area contributed by atoms with E-state index in [0.717, 1.165) is 24.5 Å². The molecule has 1 rings (SSSR count). The minimum Gasteiger partial charge on any atom is -0.258 e. The monoisotopic (exact) mass is 181 g/mol. The molecule has 0 aliphatic carbocycles. The van der Waals surface area contributed by atoms with Crippen LogP contribution in [0.2, 0.25) is 0 Å². The highest BCUT2D eigenvalue weighted by Gasteiger charge is 1.97. The maximum absolute atomic E-state index is 12.5. The van der Waals surface area contributed by atoms with E-state index in [0.29, 0.717) is 0 Å². The first kappa shape index (κ1) is 10.2. The van der Waals surface area contributed by atoms with Crippen LogP contribution in [0.3, 0.4) is 0 Å². The van der Waals surface area contributed by atoms with E-state index in [4.69, 9.17) is 0 Å². The number of nitrogens with zero attached hydrogens (tertiary/aromatic N) is 1. The van der Waals surface area contributed by atoms with Gasteiger partial charge in [0.05, 0.1) is 6.20 Å². The Kier molecular flexibility index (Phi) is 3.87. The molecule has 0 aliphatic heterocycles. The van der Waals surface area contributed by atoms with Crippen LogP contribution in [0, 0.1) is 11.7 Å². The average Bonchev–Trinajstić information content (AvgIpc) is 2.08. The molecule has 0 saturated carbocycles. The van der Waals surface area contributed by atoms with Crippen molar-refractivity contribution in [3.8, 4) is 0 Å². The lowest BCUT2D eigenvalue weighted by Gasteiger charge is -2.03. The molecule has 0 fully saturated rings. The topological polar surface area (TPSA) is 12.9 Å². The first-order valence-electron chi connectivity index (χ1n) is 4.79. The van der Waals surface area contributed by atoms with Gasteiger partial charge in [-0.2, -0.15) is 0 Å². The van der Waals surface area contributed by atoms with E-state index in [1.54, 1.807) is 6.07 Å². The SMILES string of the molecule is CC(C)CCCc1ccc(F)cn1. The van der Waals surface area contributed by atoms with Crippen LogP contribution >= 0.6 is 0 Å². The maximum Gasteiger partial charge on any atom is 0.141 e. The van der Waals surface area contributed by atoms with E-state index in [9.17, 15) is 4.39 Å². The Bertz CT molecular complexity index is 241. The van der Waals surface area contributed by atoms with Crippen molar-refractivity contribution in [2.24, 2.45) is 5.92 Å². The van der Waals surface area contributed by atoms with Crippen LogP contribution < -0.4 is 0 Å². The molecule has 1 aromatic rings. The first-order chi connectivity index (χ1) is 6.18. The minimum atomic E-state index is -0.257. The number of rotatable bonds is 4. The summed E-state index contributed by atoms with van der Waals surface area (Å²) in [4.78, 5) is 4.00. The Morgan fingerprint density at radius 2 is 2.15 bits per heavy atom. The zero-order chi connectivity index (χ0) is 9.68. The molecule has 0 unspecified atom stereocenters. The number of aryl methyl sites for hydroxylation is 1. The largest absolute Gasteiger partial charge is 0.258 e. The predicted molar refractivity (Wildman–Crippen MR) is 52.0 cm³/mol. The smallest absolute Gasteiger partial charge is 0.141 e. The molecule has 0 N–H and O–H groups in total. The van der Waals surface area contributed by atoms with E-state index >= 15 is 0 Å². The fraction of sp³-hybridized carbons (Fsp3) is 0.545. The third kappa shape index (κ3) is 4.02. The van der Waals surface area contributed by atoms with Gasteiger partial charge in [-0.25, -0.2) is 4.39 Å². The molecule has 0 radical (unpaired) electrons. The molecule has 0 amide bonds. The molecule has 0 bridgehead atoms. The second kappa shape index (κ2) is 4.95. The van der Waals surface area contributed by atoms with Crippen molar-refractivity contribution in [1.82, 2.24) is 4.98 Å². The number of hydrogen-bond donors (Lipinski definition) is 0. The van der Waals surface area contributed by atoms with Crippen molar-refractivity contribution < 1.29 is 4.39 Å². The molecule has 0 spiro atoms. The maximum atomic E-state index is 12.5. The van der Waals surface area contributed by atoms with Crippen LogP contribution in [0.5, 0.6) is 0 Å². The van der Waals surface area contributed by atoms with E-state index in [-0.39, 0.29) is 5.82 Å². The molecule has 0 aliphatic rings. The van der Waals surface area contributed by atoms with Crippen molar-refractivity contribution in [3.63, 3.8) is 0 Å². The fourth-order valence-electron chi connectivity index (χ4n) is 1.25. The highest BCUT2D eigenvalue weighted by atomic mass is 19.1. The molecule has 72 valence electrons. The Morgan fingerprint density at radius 1 is 1.38 bits per heavy atom. The Morgan fingerprint density at radius 3 is 2.69 bits per heavy atom. The van der Waals surface area contributed by atoms with Crippen LogP contribution in [0.1, 0.15) is 32.4 Å². The second-order valence-corrected chi connectivity index (χ2v) is 3.75. The van der Waals surface area contributed by atoms with Gasteiger partial charge in [-0.05, 0) is 30.9 Å². The Balaban J connectivity index is 2.33. The van der Waals surface area contributed by atoms with Gasteiger partial charge >= 0.3 is 0 Å². The minimum absolute atomic E-state index is 0.257. The molecule has 1 aromatic heterocycles. The summed E-state index contributed by atoms with van der Waals surface area (Å²) in [5.41, 5.74) is 0.988. The van der Waals surface area contributed by atoms with Gasteiger partial charge in [0.25, 0.3) is 0 Å². The molecule has 0 aromatic carbocycles. The van der Waals surface area contributed by atoms with Crippen molar-refractivity contribution in [3.05, 3.63) is 29.8 Å². The van der Waals surface area contributed by atoms with Gasteiger partial charge in [-0.3, -0.25) is 4.98 Å². The molecule has 0 saturated heterocycles. The van der Waals surface area contributed by atoms with Gasteiger partial charge in [0.1, 0.15) is 5.82 Å². The van der Waals surface area contributed by atoms with Crippen LogP contribution in [0.15, 0.2) is 18.3 Å². The number of hydrogen-bond acceptors (Lipinski definition) is 1. The number of halogens is 1. The lowest BCUT2D eigenvalue weighted by molar-refractivity contribution is 0.551. The van der Waals surface area contributed by atoms with Crippen molar-refractivity contribution in [1.29, 1.82) is 0 Å². The van der Waals surface area contributed by atoms with Gasteiger partial charge in [-0.15, -0.1) is 0 Å².